The maximum atomic E-state index is 6.20. The molecule has 0 amide bonds. The van der Waals surface area contributed by atoms with Crippen molar-refractivity contribution in [1.82, 2.24) is 4.90 Å². The zero-order chi connectivity index (χ0) is 14.4. The number of nitrogens with zero attached hydrogens (tertiary/aromatic N) is 2. The van der Waals surface area contributed by atoms with Crippen molar-refractivity contribution in [1.29, 1.82) is 0 Å². The van der Waals surface area contributed by atoms with Gasteiger partial charge < -0.3 is 10.6 Å². The molecule has 0 aromatic heterocycles. The highest BCUT2D eigenvalue weighted by molar-refractivity contribution is 5.99. The van der Waals surface area contributed by atoms with E-state index in [9.17, 15) is 0 Å². The molecule has 0 aliphatic rings. The van der Waals surface area contributed by atoms with Crippen LogP contribution < -0.4 is 5.73 Å². The highest BCUT2D eigenvalue weighted by atomic mass is 15.2. The number of allylic oxidation sites excluding steroid dienone is 3. The van der Waals surface area contributed by atoms with E-state index in [1.165, 1.54) is 0 Å². The van der Waals surface area contributed by atoms with E-state index in [-0.39, 0.29) is 0 Å². The highest BCUT2D eigenvalue weighted by Gasteiger charge is 2.09. The van der Waals surface area contributed by atoms with Crippen LogP contribution in [0.15, 0.2) is 52.7 Å². The molecule has 3 heteroatoms. The molecule has 1 aromatic carbocycles. The summed E-state index contributed by atoms with van der Waals surface area (Å²) in [6.07, 6.45) is 3.97. The Morgan fingerprint density at radius 1 is 1.26 bits per heavy atom. The maximum absolute atomic E-state index is 6.20. The Bertz CT molecular complexity index is 523. The van der Waals surface area contributed by atoms with E-state index < -0.39 is 0 Å². The molecule has 1 rings (SSSR count). The third kappa shape index (κ3) is 3.98. The zero-order valence-corrected chi connectivity index (χ0v) is 12.4. The fourth-order valence-corrected chi connectivity index (χ4v) is 1.72. The first-order chi connectivity index (χ1) is 8.97. The standard InChI is InChI=1S/C16H23N3/c1-6-9-13(3)15(17)16(19(4)5)18-14-11-8-7-10-12(14)2/h6-11H,17H2,1-5H3/b9-6-,15-13+,18-16?. The van der Waals surface area contributed by atoms with Crippen LogP contribution in [0.2, 0.25) is 0 Å². The molecule has 0 atom stereocenters. The van der Waals surface area contributed by atoms with Crippen molar-refractivity contribution in [3.05, 3.63) is 53.3 Å². The molecule has 0 aliphatic heterocycles. The molecule has 1 aromatic rings. The summed E-state index contributed by atoms with van der Waals surface area (Å²) in [4.78, 5) is 6.63. The number of likely N-dealkylation sites (N-methyl/N-ethyl adjacent to an activating group) is 1. The van der Waals surface area contributed by atoms with Crippen molar-refractivity contribution in [2.24, 2.45) is 10.7 Å². The van der Waals surface area contributed by atoms with E-state index in [0.29, 0.717) is 5.70 Å². The number of aliphatic imine (C=N–C) groups is 1. The Morgan fingerprint density at radius 3 is 2.42 bits per heavy atom. The summed E-state index contributed by atoms with van der Waals surface area (Å²) in [6.45, 7) is 6.02. The molecule has 0 fully saturated rings. The quantitative estimate of drug-likeness (QED) is 0.512. The van der Waals surface area contributed by atoms with Crippen LogP contribution in [0.1, 0.15) is 19.4 Å². The Morgan fingerprint density at radius 2 is 1.89 bits per heavy atom. The van der Waals surface area contributed by atoms with Crippen LogP contribution in [0.5, 0.6) is 0 Å². The Balaban J connectivity index is 3.30. The SMILES string of the molecule is C/C=C\C(C)=C(\N)C(=Nc1ccccc1C)N(C)C. The van der Waals surface area contributed by atoms with Gasteiger partial charge in [0.2, 0.25) is 0 Å². The van der Waals surface area contributed by atoms with Crippen LogP contribution in [0.3, 0.4) is 0 Å². The van der Waals surface area contributed by atoms with E-state index in [1.54, 1.807) is 0 Å². The predicted molar refractivity (Wildman–Crippen MR) is 83.7 cm³/mol. The summed E-state index contributed by atoms with van der Waals surface area (Å²) in [6, 6.07) is 8.04. The van der Waals surface area contributed by atoms with E-state index in [2.05, 4.69) is 4.99 Å². The highest BCUT2D eigenvalue weighted by Crippen LogP contribution is 2.19. The molecule has 0 saturated heterocycles. The molecule has 3 nitrogen and oxygen atoms in total. The van der Waals surface area contributed by atoms with Gasteiger partial charge in [0.25, 0.3) is 0 Å². The lowest BCUT2D eigenvalue weighted by Gasteiger charge is -2.18. The molecule has 19 heavy (non-hydrogen) atoms. The molecule has 0 bridgehead atoms. The third-order valence-corrected chi connectivity index (χ3v) is 2.85. The van der Waals surface area contributed by atoms with Crippen molar-refractivity contribution in [3.8, 4) is 0 Å². The van der Waals surface area contributed by atoms with Crippen molar-refractivity contribution in [2.45, 2.75) is 20.8 Å². The lowest BCUT2D eigenvalue weighted by atomic mass is 10.2. The van der Waals surface area contributed by atoms with E-state index in [0.717, 1.165) is 22.7 Å². The van der Waals surface area contributed by atoms with Crippen molar-refractivity contribution >= 4 is 11.5 Å². The molecule has 102 valence electrons. The fraction of sp³-hybridized carbons (Fsp3) is 0.312. The minimum absolute atomic E-state index is 0.700. The van der Waals surface area contributed by atoms with Gasteiger partial charge in [-0.3, -0.25) is 0 Å². The van der Waals surface area contributed by atoms with Crippen LogP contribution in [-0.2, 0) is 0 Å². The summed E-state index contributed by atoms with van der Waals surface area (Å²) >= 11 is 0. The van der Waals surface area contributed by atoms with E-state index in [1.807, 2.05) is 76.2 Å². The van der Waals surface area contributed by atoms with E-state index in [4.69, 9.17) is 5.73 Å². The number of para-hydroxylation sites is 1. The smallest absolute Gasteiger partial charge is 0.152 e. The van der Waals surface area contributed by atoms with Crippen molar-refractivity contribution in [2.75, 3.05) is 14.1 Å². The van der Waals surface area contributed by atoms with Crippen LogP contribution in [-0.4, -0.2) is 24.8 Å². The fourth-order valence-electron chi connectivity index (χ4n) is 1.72. The first kappa shape index (κ1) is 15.0. The number of hydrogen-bond acceptors (Lipinski definition) is 2. The van der Waals surface area contributed by atoms with Gasteiger partial charge in [0.1, 0.15) is 0 Å². The van der Waals surface area contributed by atoms with Gasteiger partial charge in [0, 0.05) is 14.1 Å². The number of benzene rings is 1. The Kier molecular flexibility index (Phi) is 5.37. The number of rotatable bonds is 3. The zero-order valence-electron chi connectivity index (χ0n) is 12.4. The molecule has 0 heterocycles. The molecular formula is C16H23N3. The minimum Gasteiger partial charge on any atom is -0.396 e. The molecule has 2 N–H and O–H groups in total. The molecule has 0 spiro atoms. The van der Waals surface area contributed by atoms with Gasteiger partial charge in [0.15, 0.2) is 5.84 Å². The second-order valence-corrected chi connectivity index (χ2v) is 4.71. The predicted octanol–water partition coefficient (Wildman–Crippen LogP) is 3.40. The lowest BCUT2D eigenvalue weighted by molar-refractivity contribution is 0.621. The van der Waals surface area contributed by atoms with Gasteiger partial charge in [-0.05, 0) is 38.0 Å². The minimum atomic E-state index is 0.700. The van der Waals surface area contributed by atoms with Crippen molar-refractivity contribution < 1.29 is 0 Å². The lowest BCUT2D eigenvalue weighted by Crippen LogP contribution is -2.28. The van der Waals surface area contributed by atoms with Crippen molar-refractivity contribution in [3.63, 3.8) is 0 Å². The van der Waals surface area contributed by atoms with Crippen LogP contribution in [0.25, 0.3) is 0 Å². The average molecular weight is 257 g/mol. The van der Waals surface area contributed by atoms with Gasteiger partial charge in [-0.15, -0.1) is 0 Å². The van der Waals surface area contributed by atoms with Crippen LogP contribution in [0, 0.1) is 6.92 Å². The first-order valence-electron chi connectivity index (χ1n) is 6.38. The molecular weight excluding hydrogens is 234 g/mol. The van der Waals surface area contributed by atoms with E-state index >= 15 is 0 Å². The van der Waals surface area contributed by atoms with Crippen LogP contribution in [0.4, 0.5) is 5.69 Å². The summed E-state index contributed by atoms with van der Waals surface area (Å²) in [7, 11) is 3.90. The van der Waals surface area contributed by atoms with Gasteiger partial charge in [-0.1, -0.05) is 30.4 Å². The second kappa shape index (κ2) is 6.78. The van der Waals surface area contributed by atoms with Gasteiger partial charge in [-0.25, -0.2) is 4.99 Å². The molecule has 0 saturated carbocycles. The summed E-state index contributed by atoms with van der Waals surface area (Å²) in [5, 5.41) is 0. The monoisotopic (exact) mass is 257 g/mol. The normalized spacial score (nSPS) is 13.6. The number of nitrogens with two attached hydrogens (primary N) is 1. The molecule has 0 aliphatic carbocycles. The number of aryl methyl sites for hydroxylation is 1. The van der Waals surface area contributed by atoms with Gasteiger partial charge >= 0.3 is 0 Å². The average Bonchev–Trinajstić information content (AvgIpc) is 2.37. The van der Waals surface area contributed by atoms with Gasteiger partial charge in [0.05, 0.1) is 11.4 Å². The second-order valence-electron chi connectivity index (χ2n) is 4.71. The number of hydrogen-bond donors (Lipinski definition) is 1. The molecule has 0 unspecified atom stereocenters. The maximum Gasteiger partial charge on any atom is 0.152 e. The molecule has 0 radical (unpaired) electrons. The van der Waals surface area contributed by atoms with Crippen LogP contribution >= 0.6 is 0 Å². The largest absolute Gasteiger partial charge is 0.396 e. The Labute approximate surface area is 116 Å². The Hall–Kier alpha value is -2.03. The summed E-state index contributed by atoms with van der Waals surface area (Å²) < 4.78 is 0. The first-order valence-corrected chi connectivity index (χ1v) is 6.38. The summed E-state index contributed by atoms with van der Waals surface area (Å²) in [5.41, 5.74) is 10.0. The third-order valence-electron chi connectivity index (χ3n) is 2.85. The van der Waals surface area contributed by atoms with Gasteiger partial charge in [-0.2, -0.15) is 0 Å². The summed E-state index contributed by atoms with van der Waals surface area (Å²) in [5.74, 6) is 0.782. The topological polar surface area (TPSA) is 41.6 Å². The number of amidine groups is 1.